The molecule has 166 valence electrons. The van der Waals surface area contributed by atoms with Crippen LogP contribution in [0.4, 0.5) is 11.4 Å². The third kappa shape index (κ3) is 7.47. The number of amides is 2. The van der Waals surface area contributed by atoms with E-state index in [1.54, 1.807) is 24.3 Å². The molecule has 3 N–H and O–H groups in total. The van der Waals surface area contributed by atoms with E-state index in [0.29, 0.717) is 24.4 Å². The van der Waals surface area contributed by atoms with Gasteiger partial charge in [-0.2, -0.15) is 0 Å². The maximum atomic E-state index is 12.3. The van der Waals surface area contributed by atoms with Gasteiger partial charge in [-0.15, -0.1) is 0 Å². The number of hydrogen-bond acceptors (Lipinski definition) is 4. The van der Waals surface area contributed by atoms with Gasteiger partial charge in [0.15, 0.2) is 0 Å². The predicted molar refractivity (Wildman–Crippen MR) is 128 cm³/mol. The van der Waals surface area contributed by atoms with E-state index in [1.165, 1.54) is 0 Å². The lowest BCUT2D eigenvalue weighted by Gasteiger charge is -2.10. The summed E-state index contributed by atoms with van der Waals surface area (Å²) in [7, 11) is 0. The summed E-state index contributed by atoms with van der Waals surface area (Å²) in [6.07, 6.45) is 1.96. The van der Waals surface area contributed by atoms with Crippen molar-refractivity contribution in [1.82, 2.24) is 5.32 Å². The highest BCUT2D eigenvalue weighted by molar-refractivity contribution is 5.98. The van der Waals surface area contributed by atoms with Gasteiger partial charge in [-0.05, 0) is 54.4 Å². The van der Waals surface area contributed by atoms with Crippen LogP contribution in [0.1, 0.15) is 35.7 Å². The third-order valence-corrected chi connectivity index (χ3v) is 4.78. The number of unbranched alkanes of at least 4 members (excludes halogenated alkanes) is 1. The molecule has 0 spiro atoms. The van der Waals surface area contributed by atoms with Crippen molar-refractivity contribution in [3.8, 4) is 5.75 Å². The molecule has 6 nitrogen and oxygen atoms in total. The van der Waals surface area contributed by atoms with E-state index >= 15 is 0 Å². The topological polar surface area (TPSA) is 79.5 Å². The SMILES string of the molecule is CCCCNC(=O)c1cccc(NC(=O)CNc2ccc(OCc3ccccc3)cc2)c1. The Morgan fingerprint density at radius 1 is 0.875 bits per heavy atom. The highest BCUT2D eigenvalue weighted by Crippen LogP contribution is 2.17. The van der Waals surface area contributed by atoms with Crippen molar-refractivity contribution in [3.63, 3.8) is 0 Å². The Hall–Kier alpha value is -3.80. The van der Waals surface area contributed by atoms with E-state index in [2.05, 4.69) is 22.9 Å². The van der Waals surface area contributed by atoms with Gasteiger partial charge in [0.25, 0.3) is 5.91 Å². The van der Waals surface area contributed by atoms with Crippen molar-refractivity contribution in [2.75, 3.05) is 23.7 Å². The molecule has 3 rings (SSSR count). The number of nitrogens with one attached hydrogen (secondary N) is 3. The quantitative estimate of drug-likeness (QED) is 0.379. The Morgan fingerprint density at radius 2 is 1.66 bits per heavy atom. The summed E-state index contributed by atoms with van der Waals surface area (Å²) >= 11 is 0. The van der Waals surface area contributed by atoms with E-state index in [-0.39, 0.29) is 18.4 Å². The first kappa shape index (κ1) is 22.9. The number of ether oxygens (including phenoxy) is 1. The average Bonchev–Trinajstić information content (AvgIpc) is 2.83. The number of carbonyl (C=O) groups is 2. The van der Waals surface area contributed by atoms with Crippen LogP contribution in [0.2, 0.25) is 0 Å². The van der Waals surface area contributed by atoms with Gasteiger partial charge in [0, 0.05) is 23.5 Å². The summed E-state index contributed by atoms with van der Waals surface area (Å²) in [4.78, 5) is 24.5. The van der Waals surface area contributed by atoms with E-state index in [0.717, 1.165) is 29.8 Å². The fraction of sp³-hybridized carbons (Fsp3) is 0.231. The van der Waals surface area contributed by atoms with Crippen LogP contribution in [0.15, 0.2) is 78.9 Å². The minimum Gasteiger partial charge on any atom is -0.489 e. The minimum absolute atomic E-state index is 0.108. The molecule has 0 fully saturated rings. The van der Waals surface area contributed by atoms with Gasteiger partial charge in [0.05, 0.1) is 6.54 Å². The third-order valence-electron chi connectivity index (χ3n) is 4.78. The molecule has 3 aromatic rings. The van der Waals surface area contributed by atoms with Crippen molar-refractivity contribution >= 4 is 23.2 Å². The van der Waals surface area contributed by atoms with Crippen molar-refractivity contribution in [2.45, 2.75) is 26.4 Å². The van der Waals surface area contributed by atoms with Crippen LogP contribution < -0.4 is 20.7 Å². The molecule has 0 heterocycles. The van der Waals surface area contributed by atoms with Crippen molar-refractivity contribution in [2.24, 2.45) is 0 Å². The zero-order valence-electron chi connectivity index (χ0n) is 18.3. The van der Waals surface area contributed by atoms with Gasteiger partial charge in [-0.3, -0.25) is 9.59 Å². The van der Waals surface area contributed by atoms with Crippen LogP contribution in [0.25, 0.3) is 0 Å². The van der Waals surface area contributed by atoms with Gasteiger partial charge in [-0.1, -0.05) is 49.7 Å². The summed E-state index contributed by atoms with van der Waals surface area (Å²) in [5.41, 5.74) is 3.03. The standard InChI is InChI=1S/C26H29N3O3/c1-2-3-16-27-26(31)21-10-7-11-23(17-21)29-25(30)18-28-22-12-14-24(15-13-22)32-19-20-8-5-4-6-9-20/h4-15,17,28H,2-3,16,18-19H2,1H3,(H,27,31)(H,29,30). The molecule has 0 atom stereocenters. The molecule has 0 bridgehead atoms. The highest BCUT2D eigenvalue weighted by Gasteiger charge is 2.08. The molecule has 3 aromatic carbocycles. The number of rotatable bonds is 11. The number of benzene rings is 3. The number of hydrogen-bond donors (Lipinski definition) is 3. The lowest BCUT2D eigenvalue weighted by molar-refractivity contribution is -0.114. The Bertz CT molecular complexity index is 1000. The number of carbonyl (C=O) groups excluding carboxylic acids is 2. The zero-order chi connectivity index (χ0) is 22.6. The van der Waals surface area contributed by atoms with Crippen molar-refractivity contribution in [1.29, 1.82) is 0 Å². The summed E-state index contributed by atoms with van der Waals surface area (Å²) in [6, 6.07) is 24.4. The minimum atomic E-state index is -0.196. The summed E-state index contributed by atoms with van der Waals surface area (Å²) in [6.45, 7) is 3.33. The molecular weight excluding hydrogens is 402 g/mol. The second-order valence-corrected chi connectivity index (χ2v) is 7.39. The predicted octanol–water partition coefficient (Wildman–Crippen LogP) is 4.85. The van der Waals surface area contributed by atoms with Gasteiger partial charge >= 0.3 is 0 Å². The van der Waals surface area contributed by atoms with Gasteiger partial charge < -0.3 is 20.7 Å². The number of anilines is 2. The molecule has 2 amide bonds. The molecule has 0 aliphatic carbocycles. The Kier molecular flexibility index (Phi) is 8.69. The first-order chi connectivity index (χ1) is 15.6. The molecule has 0 aliphatic heterocycles. The van der Waals surface area contributed by atoms with Crippen molar-refractivity contribution in [3.05, 3.63) is 90.0 Å². The summed E-state index contributed by atoms with van der Waals surface area (Å²) in [5.74, 6) is 0.429. The fourth-order valence-corrected chi connectivity index (χ4v) is 3.02. The lowest BCUT2D eigenvalue weighted by atomic mass is 10.2. The second-order valence-electron chi connectivity index (χ2n) is 7.39. The van der Waals surface area contributed by atoms with Crippen LogP contribution >= 0.6 is 0 Å². The van der Waals surface area contributed by atoms with E-state index in [4.69, 9.17) is 4.74 Å². The highest BCUT2D eigenvalue weighted by atomic mass is 16.5. The van der Waals surface area contributed by atoms with E-state index in [1.807, 2.05) is 54.6 Å². The summed E-state index contributed by atoms with van der Waals surface area (Å²) < 4.78 is 5.77. The average molecular weight is 432 g/mol. The van der Waals surface area contributed by atoms with E-state index in [9.17, 15) is 9.59 Å². The molecule has 0 saturated heterocycles. The largest absolute Gasteiger partial charge is 0.489 e. The van der Waals surface area contributed by atoms with Crippen LogP contribution in [-0.2, 0) is 11.4 Å². The fourth-order valence-electron chi connectivity index (χ4n) is 3.02. The normalized spacial score (nSPS) is 10.3. The maximum Gasteiger partial charge on any atom is 0.251 e. The van der Waals surface area contributed by atoms with Crippen LogP contribution in [0, 0.1) is 0 Å². The van der Waals surface area contributed by atoms with Crippen LogP contribution in [0.3, 0.4) is 0 Å². The lowest BCUT2D eigenvalue weighted by Crippen LogP contribution is -2.25. The zero-order valence-corrected chi connectivity index (χ0v) is 18.3. The molecule has 0 saturated carbocycles. The van der Waals surface area contributed by atoms with Gasteiger partial charge in [-0.25, -0.2) is 0 Å². The Labute approximate surface area is 189 Å². The molecule has 0 aromatic heterocycles. The first-order valence-corrected chi connectivity index (χ1v) is 10.8. The Morgan fingerprint density at radius 3 is 2.41 bits per heavy atom. The van der Waals surface area contributed by atoms with E-state index < -0.39 is 0 Å². The summed E-state index contributed by atoms with van der Waals surface area (Å²) in [5, 5.41) is 8.78. The van der Waals surface area contributed by atoms with Crippen molar-refractivity contribution < 1.29 is 14.3 Å². The van der Waals surface area contributed by atoms with Gasteiger partial charge in [0.1, 0.15) is 12.4 Å². The smallest absolute Gasteiger partial charge is 0.251 e. The maximum absolute atomic E-state index is 12.3. The first-order valence-electron chi connectivity index (χ1n) is 10.8. The second kappa shape index (κ2) is 12.2. The Balaban J connectivity index is 1.44. The van der Waals surface area contributed by atoms with Crippen LogP contribution in [-0.4, -0.2) is 24.9 Å². The molecule has 0 aliphatic rings. The van der Waals surface area contributed by atoms with Gasteiger partial charge in [0.2, 0.25) is 5.91 Å². The molecule has 6 heteroatoms. The molecule has 32 heavy (non-hydrogen) atoms. The molecule has 0 unspecified atom stereocenters. The monoisotopic (exact) mass is 431 g/mol. The molecular formula is C26H29N3O3. The molecule has 0 radical (unpaired) electrons. The van der Waals surface area contributed by atoms with Crippen LogP contribution in [0.5, 0.6) is 5.75 Å².